The first kappa shape index (κ1) is 8.48. The fourth-order valence-electron chi connectivity index (χ4n) is 1.78. The minimum atomic E-state index is 0.0753. The summed E-state index contributed by atoms with van der Waals surface area (Å²) < 4.78 is 3.20. The van der Waals surface area contributed by atoms with E-state index in [0.717, 1.165) is 6.42 Å². The molecule has 2 aromatic carbocycles. The van der Waals surface area contributed by atoms with Crippen molar-refractivity contribution >= 4 is 0 Å². The summed E-state index contributed by atoms with van der Waals surface area (Å²) in [5, 5.41) is 0. The van der Waals surface area contributed by atoms with Crippen LogP contribution in [0.25, 0.3) is 0 Å². The van der Waals surface area contributed by atoms with Crippen LogP contribution >= 0.6 is 0 Å². The molecule has 0 atom stereocenters. The molecule has 1 aliphatic heterocycles. The van der Waals surface area contributed by atoms with Crippen LogP contribution < -0.4 is 21.2 Å². The molecule has 0 amide bonds. The van der Waals surface area contributed by atoms with Gasteiger partial charge in [0.05, 0.1) is 0 Å². The Kier molecular flexibility index (Phi) is 2.05. The number of rotatable bonds is 0. The predicted octanol–water partition coefficient (Wildman–Crippen LogP) is -0.281. The molecule has 0 aliphatic carbocycles. The van der Waals surface area contributed by atoms with Crippen molar-refractivity contribution in [3.63, 3.8) is 0 Å². The standard InChI is InChI=1S/C13H10I/c1-3-7-12-10(5-1)9-11-6-2-4-8-13(11)14-12/h1-8H,9H2/q-1. The van der Waals surface area contributed by atoms with Crippen molar-refractivity contribution in [2.75, 3.05) is 0 Å². The summed E-state index contributed by atoms with van der Waals surface area (Å²) in [5.41, 5.74) is 3.08. The average Bonchev–Trinajstić information content (AvgIpc) is 2.26. The van der Waals surface area contributed by atoms with Crippen molar-refractivity contribution in [2.45, 2.75) is 6.42 Å². The minimum absolute atomic E-state index is 0.0753. The molecule has 0 saturated heterocycles. The zero-order valence-corrected chi connectivity index (χ0v) is 9.86. The van der Waals surface area contributed by atoms with Gasteiger partial charge in [-0.2, -0.15) is 0 Å². The van der Waals surface area contributed by atoms with E-state index in [1.165, 1.54) is 0 Å². The van der Waals surface area contributed by atoms with Gasteiger partial charge in [0.15, 0.2) is 0 Å². The van der Waals surface area contributed by atoms with Gasteiger partial charge in [0.1, 0.15) is 0 Å². The van der Waals surface area contributed by atoms with Crippen LogP contribution in [0.2, 0.25) is 0 Å². The van der Waals surface area contributed by atoms with Crippen LogP contribution in [-0.4, -0.2) is 0 Å². The Morgan fingerprint density at radius 2 is 1.21 bits per heavy atom. The molecule has 0 bridgehead atoms. The molecule has 0 unspecified atom stereocenters. The van der Waals surface area contributed by atoms with Crippen molar-refractivity contribution in [3.05, 3.63) is 66.8 Å². The van der Waals surface area contributed by atoms with Gasteiger partial charge in [0.2, 0.25) is 0 Å². The first-order chi connectivity index (χ1) is 6.93. The molecule has 0 N–H and O–H groups in total. The normalized spacial score (nSPS) is 13.7. The summed E-state index contributed by atoms with van der Waals surface area (Å²) in [5.74, 6) is 0. The van der Waals surface area contributed by atoms with E-state index in [9.17, 15) is 0 Å². The Bertz CT molecular complexity index is 387. The molecule has 1 aliphatic rings. The number of halogens is 1. The Labute approximate surface area is 94.2 Å². The van der Waals surface area contributed by atoms with Crippen LogP contribution in [0.5, 0.6) is 0 Å². The van der Waals surface area contributed by atoms with Gasteiger partial charge in [-0.15, -0.1) is 0 Å². The van der Waals surface area contributed by atoms with Gasteiger partial charge in [-0.1, -0.05) is 0 Å². The van der Waals surface area contributed by atoms with Crippen molar-refractivity contribution in [1.82, 2.24) is 0 Å². The first-order valence-electron chi connectivity index (χ1n) is 4.74. The number of hydrogen-bond donors (Lipinski definition) is 0. The number of fused-ring (bicyclic) bond motifs is 2. The van der Waals surface area contributed by atoms with E-state index in [0.29, 0.717) is 0 Å². The summed E-state index contributed by atoms with van der Waals surface area (Å²) in [6.45, 7) is 0. The summed E-state index contributed by atoms with van der Waals surface area (Å²) in [6.07, 6.45) is 1.13. The van der Waals surface area contributed by atoms with Crippen molar-refractivity contribution in [3.8, 4) is 0 Å². The van der Waals surface area contributed by atoms with Gasteiger partial charge in [-0.25, -0.2) is 0 Å². The molecule has 0 aromatic heterocycles. The molecule has 1 heterocycles. The third-order valence-corrected chi connectivity index (χ3v) is 5.77. The van der Waals surface area contributed by atoms with E-state index in [4.69, 9.17) is 0 Å². The molecule has 0 nitrogen and oxygen atoms in total. The van der Waals surface area contributed by atoms with Crippen LogP contribution in [0.15, 0.2) is 48.5 Å². The van der Waals surface area contributed by atoms with Gasteiger partial charge in [-0.3, -0.25) is 0 Å². The number of hydrogen-bond acceptors (Lipinski definition) is 0. The Balaban J connectivity index is 2.12. The Hall–Kier alpha value is -0.830. The number of benzene rings is 2. The molecular weight excluding hydrogens is 283 g/mol. The summed E-state index contributed by atoms with van der Waals surface area (Å²) in [7, 11) is 0. The maximum atomic E-state index is 2.29. The summed E-state index contributed by atoms with van der Waals surface area (Å²) in [4.78, 5) is 0. The van der Waals surface area contributed by atoms with Crippen molar-refractivity contribution in [1.29, 1.82) is 0 Å². The zero-order valence-electron chi connectivity index (χ0n) is 7.70. The SMILES string of the molecule is c1ccc2c(c1)Cc1ccccc1[I-]2. The molecule has 2 aromatic rings. The molecule has 0 saturated carbocycles. The average molecular weight is 293 g/mol. The monoisotopic (exact) mass is 293 g/mol. The van der Waals surface area contributed by atoms with E-state index >= 15 is 0 Å². The van der Waals surface area contributed by atoms with E-state index < -0.39 is 0 Å². The van der Waals surface area contributed by atoms with Crippen molar-refractivity contribution < 1.29 is 21.2 Å². The second-order valence-corrected chi connectivity index (χ2v) is 6.32. The molecule has 0 radical (unpaired) electrons. The van der Waals surface area contributed by atoms with Crippen molar-refractivity contribution in [2.24, 2.45) is 0 Å². The molecule has 14 heavy (non-hydrogen) atoms. The first-order valence-corrected chi connectivity index (χ1v) is 6.90. The van der Waals surface area contributed by atoms with Crippen LogP contribution in [0, 0.1) is 7.14 Å². The van der Waals surface area contributed by atoms with Crippen LogP contribution in [0.4, 0.5) is 0 Å². The topological polar surface area (TPSA) is 0 Å². The Morgan fingerprint density at radius 3 is 1.79 bits per heavy atom. The fraction of sp³-hybridized carbons (Fsp3) is 0.0769. The summed E-state index contributed by atoms with van der Waals surface area (Å²) in [6, 6.07) is 17.7. The van der Waals surface area contributed by atoms with Gasteiger partial charge >= 0.3 is 94.4 Å². The second-order valence-electron chi connectivity index (χ2n) is 3.45. The molecule has 0 fully saturated rings. The van der Waals surface area contributed by atoms with Crippen LogP contribution in [0.1, 0.15) is 11.1 Å². The molecule has 0 spiro atoms. The summed E-state index contributed by atoms with van der Waals surface area (Å²) >= 11 is 0.0753. The third-order valence-electron chi connectivity index (χ3n) is 2.50. The molecular formula is C13H10I-. The molecule has 70 valence electrons. The van der Waals surface area contributed by atoms with E-state index in [1.807, 2.05) is 0 Å². The van der Waals surface area contributed by atoms with Gasteiger partial charge in [-0.05, 0) is 0 Å². The van der Waals surface area contributed by atoms with Gasteiger partial charge in [0, 0.05) is 0 Å². The van der Waals surface area contributed by atoms with Gasteiger partial charge in [0.25, 0.3) is 0 Å². The van der Waals surface area contributed by atoms with Gasteiger partial charge < -0.3 is 0 Å². The van der Waals surface area contributed by atoms with E-state index in [-0.39, 0.29) is 21.2 Å². The molecule has 3 rings (SSSR count). The zero-order chi connectivity index (χ0) is 9.38. The third kappa shape index (κ3) is 1.36. The Morgan fingerprint density at radius 1 is 0.714 bits per heavy atom. The van der Waals surface area contributed by atoms with E-state index in [1.54, 1.807) is 18.3 Å². The quantitative estimate of drug-likeness (QED) is 0.500. The van der Waals surface area contributed by atoms with E-state index in [2.05, 4.69) is 48.5 Å². The second kappa shape index (κ2) is 3.39. The predicted molar refractivity (Wildman–Crippen MR) is 53.1 cm³/mol. The van der Waals surface area contributed by atoms with Crippen LogP contribution in [0.3, 0.4) is 0 Å². The maximum absolute atomic E-state index is 2.29. The van der Waals surface area contributed by atoms with Crippen LogP contribution in [-0.2, 0) is 6.42 Å². The molecule has 1 heteroatoms. The fourth-order valence-corrected chi connectivity index (χ4v) is 4.62.